The molecule has 2 N–H and O–H groups in total. The Bertz CT molecular complexity index is 597. The first-order valence-corrected chi connectivity index (χ1v) is 8.06. The SMILES string of the molecule is CC(=O)Nc1ccsc1CN[C@H](C)c1cccc(Br)c1. The molecule has 0 aliphatic carbocycles. The van der Waals surface area contributed by atoms with Crippen molar-refractivity contribution in [1.82, 2.24) is 5.32 Å². The molecule has 1 aromatic carbocycles. The van der Waals surface area contributed by atoms with E-state index in [2.05, 4.69) is 45.6 Å². The van der Waals surface area contributed by atoms with Gasteiger partial charge in [-0.3, -0.25) is 4.79 Å². The zero-order valence-electron chi connectivity index (χ0n) is 11.4. The highest BCUT2D eigenvalue weighted by atomic mass is 79.9. The molecular weight excluding hydrogens is 336 g/mol. The van der Waals surface area contributed by atoms with E-state index in [0.29, 0.717) is 0 Å². The van der Waals surface area contributed by atoms with E-state index in [1.807, 2.05) is 23.6 Å². The van der Waals surface area contributed by atoms with Crippen LogP contribution in [0.1, 0.15) is 30.3 Å². The van der Waals surface area contributed by atoms with Gasteiger partial charge in [-0.1, -0.05) is 28.1 Å². The van der Waals surface area contributed by atoms with Gasteiger partial charge in [0.15, 0.2) is 0 Å². The van der Waals surface area contributed by atoms with Crippen molar-refractivity contribution in [1.29, 1.82) is 0 Å². The summed E-state index contributed by atoms with van der Waals surface area (Å²) in [5, 5.41) is 8.32. The molecule has 1 atom stereocenters. The average Bonchev–Trinajstić information content (AvgIpc) is 2.82. The Morgan fingerprint density at radius 1 is 1.40 bits per heavy atom. The summed E-state index contributed by atoms with van der Waals surface area (Å²) in [6.45, 7) is 4.40. The van der Waals surface area contributed by atoms with Crippen LogP contribution in [0.2, 0.25) is 0 Å². The second-order valence-electron chi connectivity index (χ2n) is 4.60. The molecule has 0 aliphatic rings. The van der Waals surface area contributed by atoms with E-state index in [1.54, 1.807) is 11.3 Å². The maximum atomic E-state index is 11.1. The Kier molecular flexibility index (Phi) is 5.34. The Balaban J connectivity index is 1.98. The molecule has 20 heavy (non-hydrogen) atoms. The van der Waals surface area contributed by atoms with Crippen LogP contribution in [0.4, 0.5) is 5.69 Å². The van der Waals surface area contributed by atoms with Gasteiger partial charge in [0.1, 0.15) is 0 Å². The molecule has 106 valence electrons. The van der Waals surface area contributed by atoms with Crippen molar-refractivity contribution in [3.8, 4) is 0 Å². The van der Waals surface area contributed by atoms with E-state index in [4.69, 9.17) is 0 Å². The lowest BCUT2D eigenvalue weighted by atomic mass is 10.1. The van der Waals surface area contributed by atoms with Crippen LogP contribution < -0.4 is 10.6 Å². The fourth-order valence-electron chi connectivity index (χ4n) is 1.92. The van der Waals surface area contributed by atoms with Crippen LogP contribution in [0.25, 0.3) is 0 Å². The van der Waals surface area contributed by atoms with Gasteiger partial charge in [0.05, 0.1) is 5.69 Å². The van der Waals surface area contributed by atoms with Gasteiger partial charge in [0, 0.05) is 28.9 Å². The quantitative estimate of drug-likeness (QED) is 0.841. The number of hydrogen-bond acceptors (Lipinski definition) is 3. The molecular formula is C15H17BrN2OS. The Morgan fingerprint density at radius 2 is 2.20 bits per heavy atom. The Morgan fingerprint density at radius 3 is 2.90 bits per heavy atom. The molecule has 1 aromatic heterocycles. The second-order valence-corrected chi connectivity index (χ2v) is 6.51. The van der Waals surface area contributed by atoms with Crippen LogP contribution in [0.3, 0.4) is 0 Å². The van der Waals surface area contributed by atoms with Crippen molar-refractivity contribution >= 4 is 38.9 Å². The molecule has 3 nitrogen and oxygen atoms in total. The highest BCUT2D eigenvalue weighted by Gasteiger charge is 2.09. The molecule has 0 radical (unpaired) electrons. The summed E-state index contributed by atoms with van der Waals surface area (Å²) in [5.41, 5.74) is 2.13. The zero-order valence-corrected chi connectivity index (χ0v) is 13.8. The molecule has 0 bridgehead atoms. The largest absolute Gasteiger partial charge is 0.325 e. The van der Waals surface area contributed by atoms with Crippen LogP contribution in [0, 0.1) is 0 Å². The summed E-state index contributed by atoms with van der Waals surface area (Å²) in [6, 6.07) is 10.5. The molecule has 0 saturated heterocycles. The third kappa shape index (κ3) is 4.16. The molecule has 2 rings (SSSR count). The average molecular weight is 353 g/mol. The predicted molar refractivity (Wildman–Crippen MR) is 88.0 cm³/mol. The van der Waals surface area contributed by atoms with Crippen molar-refractivity contribution in [3.63, 3.8) is 0 Å². The lowest BCUT2D eigenvalue weighted by Crippen LogP contribution is -2.18. The first-order chi connectivity index (χ1) is 9.56. The van der Waals surface area contributed by atoms with E-state index in [0.717, 1.165) is 21.6 Å². The summed E-state index contributed by atoms with van der Waals surface area (Å²) in [4.78, 5) is 12.3. The van der Waals surface area contributed by atoms with Crippen molar-refractivity contribution in [3.05, 3.63) is 50.6 Å². The van der Waals surface area contributed by atoms with Crippen LogP contribution in [0.5, 0.6) is 0 Å². The highest BCUT2D eigenvalue weighted by molar-refractivity contribution is 9.10. The van der Waals surface area contributed by atoms with Gasteiger partial charge >= 0.3 is 0 Å². The van der Waals surface area contributed by atoms with Crippen LogP contribution in [-0.2, 0) is 11.3 Å². The third-order valence-electron chi connectivity index (χ3n) is 2.97. The van der Waals surface area contributed by atoms with Gasteiger partial charge in [-0.2, -0.15) is 0 Å². The van der Waals surface area contributed by atoms with Gasteiger partial charge in [-0.25, -0.2) is 0 Å². The van der Waals surface area contributed by atoms with Crippen LogP contribution >= 0.6 is 27.3 Å². The first-order valence-electron chi connectivity index (χ1n) is 6.39. The van der Waals surface area contributed by atoms with Gasteiger partial charge in [-0.05, 0) is 36.1 Å². The Hall–Kier alpha value is -1.17. The molecule has 0 unspecified atom stereocenters. The van der Waals surface area contributed by atoms with Crippen LogP contribution in [0.15, 0.2) is 40.2 Å². The third-order valence-corrected chi connectivity index (χ3v) is 4.39. The number of amides is 1. The maximum Gasteiger partial charge on any atom is 0.221 e. The van der Waals surface area contributed by atoms with E-state index in [1.165, 1.54) is 12.5 Å². The van der Waals surface area contributed by atoms with Crippen molar-refractivity contribution in [2.75, 3.05) is 5.32 Å². The summed E-state index contributed by atoms with van der Waals surface area (Å²) in [7, 11) is 0. The molecule has 0 fully saturated rings. The normalized spacial score (nSPS) is 12.2. The van der Waals surface area contributed by atoms with Crippen molar-refractivity contribution in [2.45, 2.75) is 26.4 Å². The van der Waals surface area contributed by atoms with Gasteiger partial charge in [-0.15, -0.1) is 11.3 Å². The minimum Gasteiger partial charge on any atom is -0.325 e. The summed E-state index contributed by atoms with van der Waals surface area (Å²) >= 11 is 5.13. The van der Waals surface area contributed by atoms with Crippen molar-refractivity contribution in [2.24, 2.45) is 0 Å². The zero-order chi connectivity index (χ0) is 14.5. The first kappa shape index (κ1) is 15.2. The van der Waals surface area contributed by atoms with E-state index >= 15 is 0 Å². The fraction of sp³-hybridized carbons (Fsp3) is 0.267. The Labute approximate surface area is 131 Å². The monoisotopic (exact) mass is 352 g/mol. The minimum absolute atomic E-state index is 0.0373. The number of carbonyl (C=O) groups is 1. The predicted octanol–water partition coefficient (Wildman–Crippen LogP) is 4.32. The lowest BCUT2D eigenvalue weighted by molar-refractivity contribution is -0.114. The summed E-state index contributed by atoms with van der Waals surface area (Å²) in [6.07, 6.45) is 0. The molecule has 0 saturated carbocycles. The van der Waals surface area contributed by atoms with E-state index in [-0.39, 0.29) is 11.9 Å². The second kappa shape index (κ2) is 7.02. The number of hydrogen-bond donors (Lipinski definition) is 2. The van der Waals surface area contributed by atoms with E-state index < -0.39 is 0 Å². The molecule has 0 aliphatic heterocycles. The number of nitrogens with one attached hydrogen (secondary N) is 2. The lowest BCUT2D eigenvalue weighted by Gasteiger charge is -2.15. The molecule has 2 aromatic rings. The molecule has 1 amide bonds. The molecule has 5 heteroatoms. The standard InChI is InChI=1S/C15H17BrN2OS/c1-10(12-4-3-5-13(16)8-12)17-9-15-14(6-7-20-15)18-11(2)19/h3-8,10,17H,9H2,1-2H3,(H,18,19)/t10-/m1/s1. The number of thiophene rings is 1. The van der Waals surface area contributed by atoms with Crippen molar-refractivity contribution < 1.29 is 4.79 Å². The molecule has 0 spiro atoms. The highest BCUT2D eigenvalue weighted by Crippen LogP contribution is 2.24. The number of carbonyl (C=O) groups excluding carboxylic acids is 1. The number of benzene rings is 1. The van der Waals surface area contributed by atoms with Crippen LogP contribution in [-0.4, -0.2) is 5.91 Å². The van der Waals surface area contributed by atoms with Gasteiger partial charge in [0.2, 0.25) is 5.91 Å². The van der Waals surface area contributed by atoms with E-state index in [9.17, 15) is 4.79 Å². The summed E-state index contributed by atoms with van der Waals surface area (Å²) < 4.78 is 1.08. The number of halogens is 1. The minimum atomic E-state index is -0.0373. The smallest absolute Gasteiger partial charge is 0.221 e. The van der Waals surface area contributed by atoms with Gasteiger partial charge < -0.3 is 10.6 Å². The summed E-state index contributed by atoms with van der Waals surface area (Å²) in [5.74, 6) is -0.0373. The topological polar surface area (TPSA) is 41.1 Å². The molecule has 1 heterocycles. The maximum absolute atomic E-state index is 11.1. The van der Waals surface area contributed by atoms with Gasteiger partial charge in [0.25, 0.3) is 0 Å². The fourth-order valence-corrected chi connectivity index (χ4v) is 3.12. The number of anilines is 1. The number of rotatable bonds is 5.